The van der Waals surface area contributed by atoms with Crippen LogP contribution in [0.2, 0.25) is 0 Å². The molecule has 7 heteroatoms. The quantitative estimate of drug-likeness (QED) is 0.241. The Morgan fingerprint density at radius 2 is 1.53 bits per heavy atom. The average Bonchev–Trinajstić information content (AvgIpc) is 2.78. The molecule has 0 atom stereocenters. The molecule has 32 heavy (non-hydrogen) atoms. The van der Waals surface area contributed by atoms with Crippen LogP contribution in [0.4, 0.5) is 22.0 Å². The highest BCUT2D eigenvalue weighted by Crippen LogP contribution is 2.41. The second-order valence-corrected chi connectivity index (χ2v) is 7.25. The summed E-state index contributed by atoms with van der Waals surface area (Å²) in [5, 5.41) is 1.80. The van der Waals surface area contributed by atoms with E-state index in [-0.39, 0.29) is 29.4 Å². The maximum absolute atomic E-state index is 14.0. The fourth-order valence-corrected chi connectivity index (χ4v) is 3.83. The van der Waals surface area contributed by atoms with Gasteiger partial charge in [-0.3, -0.25) is 4.79 Å². The Balaban J connectivity index is 2.01. The topological polar surface area (TPSA) is 30.0 Å². The van der Waals surface area contributed by atoms with Gasteiger partial charge in [0.15, 0.2) is 12.0 Å². The van der Waals surface area contributed by atoms with E-state index in [0.29, 0.717) is 5.56 Å². The number of hydrogen-bond acceptors (Lipinski definition) is 2. The summed E-state index contributed by atoms with van der Waals surface area (Å²) >= 11 is 0. The second kappa shape index (κ2) is 8.49. The van der Waals surface area contributed by atoms with Gasteiger partial charge in [0, 0.05) is 6.42 Å². The van der Waals surface area contributed by atoms with Crippen molar-refractivity contribution in [2.75, 3.05) is 0 Å². The largest absolute Gasteiger partial charge is 0.434 e. The molecule has 3 aromatic carbocycles. The van der Waals surface area contributed by atoms with E-state index >= 15 is 0 Å². The molecule has 0 aliphatic heterocycles. The molecule has 0 saturated heterocycles. The Kier molecular flexibility index (Phi) is 5.74. The minimum absolute atomic E-state index is 0.0390. The van der Waals surface area contributed by atoms with E-state index < -0.39 is 29.6 Å². The Hall–Kier alpha value is -3.61. The summed E-state index contributed by atoms with van der Waals surface area (Å²) in [6.45, 7) is 0. The number of nitrogens with zero attached hydrogens (tertiary/aromatic N) is 1. The van der Waals surface area contributed by atoms with Crippen molar-refractivity contribution in [2.24, 2.45) is 0 Å². The summed E-state index contributed by atoms with van der Waals surface area (Å²) < 4.78 is 68.9. The number of carbonyl (C=O) groups is 1. The summed E-state index contributed by atoms with van der Waals surface area (Å²) in [5.41, 5.74) is -2.76. The number of pyridine rings is 1. The van der Waals surface area contributed by atoms with Crippen LogP contribution >= 0.6 is 0 Å². The molecule has 2 nitrogen and oxygen atoms in total. The zero-order valence-electron chi connectivity index (χ0n) is 16.5. The molecule has 0 unspecified atom stereocenters. The molecular formula is C25H16F5NO. The van der Waals surface area contributed by atoms with Crippen molar-refractivity contribution in [3.8, 4) is 11.1 Å². The van der Waals surface area contributed by atoms with Gasteiger partial charge in [-0.2, -0.15) is 13.2 Å². The van der Waals surface area contributed by atoms with Gasteiger partial charge in [-0.25, -0.2) is 13.8 Å². The highest BCUT2D eigenvalue weighted by molar-refractivity contribution is 5.91. The Labute approximate surface area is 180 Å². The molecule has 4 aromatic rings. The molecule has 162 valence electrons. The molecular weight excluding hydrogens is 425 g/mol. The van der Waals surface area contributed by atoms with Gasteiger partial charge in [0.2, 0.25) is 0 Å². The van der Waals surface area contributed by atoms with E-state index in [4.69, 9.17) is 0 Å². The first-order valence-corrected chi connectivity index (χ1v) is 9.70. The number of alkyl halides is 5. The van der Waals surface area contributed by atoms with Crippen LogP contribution in [0.25, 0.3) is 21.9 Å². The first-order valence-electron chi connectivity index (χ1n) is 9.70. The van der Waals surface area contributed by atoms with Gasteiger partial charge in [0.25, 0.3) is 6.43 Å². The first-order chi connectivity index (χ1) is 15.3. The third-order valence-corrected chi connectivity index (χ3v) is 5.22. The van der Waals surface area contributed by atoms with Crippen LogP contribution in [-0.4, -0.2) is 11.3 Å². The highest BCUT2D eigenvalue weighted by atomic mass is 19.4. The molecule has 1 aromatic heterocycles. The lowest BCUT2D eigenvalue weighted by Crippen LogP contribution is -2.17. The molecule has 0 fully saturated rings. The fraction of sp³-hybridized carbons (Fsp3) is 0.120. The lowest BCUT2D eigenvalue weighted by molar-refractivity contribution is -0.141. The zero-order valence-corrected chi connectivity index (χ0v) is 16.5. The fourth-order valence-electron chi connectivity index (χ4n) is 3.83. The SMILES string of the molecule is O=Cc1c(C(F)(F)F)nc(C(F)F)c(Cc2ccc3ccccc3c2)c1-c1ccccc1. The van der Waals surface area contributed by atoms with Gasteiger partial charge in [-0.05, 0) is 33.0 Å². The predicted octanol–water partition coefficient (Wildman–Crippen LogP) is 7.26. The first kappa shape index (κ1) is 21.6. The number of carbonyl (C=O) groups excluding carboxylic acids is 1. The van der Waals surface area contributed by atoms with Crippen LogP contribution in [0.15, 0.2) is 72.8 Å². The number of aldehydes is 1. The van der Waals surface area contributed by atoms with Crippen LogP contribution in [0.5, 0.6) is 0 Å². The van der Waals surface area contributed by atoms with Gasteiger partial charge in [-0.15, -0.1) is 0 Å². The second-order valence-electron chi connectivity index (χ2n) is 7.25. The van der Waals surface area contributed by atoms with E-state index in [2.05, 4.69) is 4.98 Å². The molecule has 0 N–H and O–H groups in total. The van der Waals surface area contributed by atoms with Crippen molar-refractivity contribution in [3.05, 3.63) is 101 Å². The summed E-state index contributed by atoms with van der Waals surface area (Å²) in [4.78, 5) is 15.1. The number of aromatic nitrogens is 1. The van der Waals surface area contributed by atoms with Crippen molar-refractivity contribution >= 4 is 17.1 Å². The molecule has 4 rings (SSSR count). The summed E-state index contributed by atoms with van der Waals surface area (Å²) in [6, 6.07) is 20.5. The van der Waals surface area contributed by atoms with Crippen molar-refractivity contribution in [3.63, 3.8) is 0 Å². The van der Waals surface area contributed by atoms with E-state index in [1.807, 2.05) is 30.3 Å². The minimum Gasteiger partial charge on any atom is -0.298 e. The summed E-state index contributed by atoms with van der Waals surface area (Å²) in [5.74, 6) is 0. The van der Waals surface area contributed by atoms with Crippen molar-refractivity contribution in [1.82, 2.24) is 4.98 Å². The van der Waals surface area contributed by atoms with Crippen LogP contribution in [0, 0.1) is 0 Å². The lowest BCUT2D eigenvalue weighted by Gasteiger charge is -2.20. The molecule has 0 saturated carbocycles. The molecule has 0 radical (unpaired) electrons. The van der Waals surface area contributed by atoms with Crippen molar-refractivity contribution in [2.45, 2.75) is 19.0 Å². The van der Waals surface area contributed by atoms with Crippen molar-refractivity contribution < 1.29 is 26.7 Å². The van der Waals surface area contributed by atoms with Crippen LogP contribution in [-0.2, 0) is 12.6 Å². The standard InChI is InChI=1S/C25H16F5NO/c26-24(27)22-19(13-15-10-11-16-6-4-5-9-18(16)12-15)21(17-7-2-1-3-8-17)20(14-32)23(31-22)25(28,29)30/h1-12,14,24H,13H2. The van der Waals surface area contributed by atoms with Gasteiger partial charge < -0.3 is 0 Å². The van der Waals surface area contributed by atoms with E-state index in [0.717, 1.165) is 10.8 Å². The van der Waals surface area contributed by atoms with Crippen LogP contribution < -0.4 is 0 Å². The lowest BCUT2D eigenvalue weighted by atomic mass is 9.88. The normalized spacial score (nSPS) is 11.8. The third kappa shape index (κ3) is 4.10. The van der Waals surface area contributed by atoms with Gasteiger partial charge >= 0.3 is 6.18 Å². The summed E-state index contributed by atoms with van der Waals surface area (Å²) in [7, 11) is 0. The van der Waals surface area contributed by atoms with Crippen LogP contribution in [0.1, 0.15) is 39.3 Å². The number of hydrogen-bond donors (Lipinski definition) is 0. The Morgan fingerprint density at radius 3 is 2.16 bits per heavy atom. The maximum atomic E-state index is 14.0. The van der Waals surface area contributed by atoms with Crippen molar-refractivity contribution in [1.29, 1.82) is 0 Å². The van der Waals surface area contributed by atoms with E-state index in [1.165, 1.54) is 12.1 Å². The van der Waals surface area contributed by atoms with E-state index in [1.54, 1.807) is 30.3 Å². The highest BCUT2D eigenvalue weighted by Gasteiger charge is 2.39. The Morgan fingerprint density at radius 1 is 0.875 bits per heavy atom. The zero-order chi connectivity index (χ0) is 22.9. The van der Waals surface area contributed by atoms with Gasteiger partial charge in [0.1, 0.15) is 5.69 Å². The molecule has 0 bridgehead atoms. The smallest absolute Gasteiger partial charge is 0.298 e. The molecule has 0 aliphatic rings. The Bertz CT molecular complexity index is 1280. The van der Waals surface area contributed by atoms with Crippen LogP contribution in [0.3, 0.4) is 0 Å². The molecule has 1 heterocycles. The number of rotatable bonds is 5. The average molecular weight is 441 g/mol. The predicted molar refractivity (Wildman–Crippen MR) is 112 cm³/mol. The number of fused-ring (bicyclic) bond motifs is 1. The van der Waals surface area contributed by atoms with Gasteiger partial charge in [-0.1, -0.05) is 72.8 Å². The molecule has 0 amide bonds. The maximum Gasteiger partial charge on any atom is 0.434 e. The van der Waals surface area contributed by atoms with E-state index in [9.17, 15) is 26.7 Å². The number of benzene rings is 3. The monoisotopic (exact) mass is 441 g/mol. The molecule has 0 spiro atoms. The molecule has 0 aliphatic carbocycles. The summed E-state index contributed by atoms with van der Waals surface area (Å²) in [6.07, 6.45) is -8.39. The third-order valence-electron chi connectivity index (χ3n) is 5.22. The number of halogens is 5. The minimum atomic E-state index is -5.06. The van der Waals surface area contributed by atoms with Gasteiger partial charge in [0.05, 0.1) is 5.56 Å².